The lowest BCUT2D eigenvalue weighted by atomic mass is 9.82. The zero-order valence-corrected chi connectivity index (χ0v) is 7.40. The highest BCUT2D eigenvalue weighted by molar-refractivity contribution is 5.99. The van der Waals surface area contributed by atoms with Crippen LogP contribution < -0.4 is 0 Å². The Hall–Kier alpha value is -1.19. The van der Waals surface area contributed by atoms with Crippen LogP contribution in [0.3, 0.4) is 0 Å². The Morgan fingerprint density at radius 1 is 1.29 bits per heavy atom. The van der Waals surface area contributed by atoms with Gasteiger partial charge in [0.05, 0.1) is 6.61 Å². The maximum absolute atomic E-state index is 11.9. The summed E-state index contributed by atoms with van der Waals surface area (Å²) in [5.74, 6) is 0.112. The summed E-state index contributed by atoms with van der Waals surface area (Å²) in [6.45, 7) is 0.523. The second kappa shape index (κ2) is 1.92. The highest BCUT2D eigenvalue weighted by atomic mass is 16.6. The van der Waals surface area contributed by atoms with E-state index < -0.39 is 5.60 Å². The Bertz CT molecular complexity index is 448. The van der Waals surface area contributed by atoms with Gasteiger partial charge in [-0.15, -0.1) is 0 Å². The van der Waals surface area contributed by atoms with Crippen LogP contribution in [0.2, 0.25) is 0 Å². The number of ether oxygens (including phenoxy) is 2. The van der Waals surface area contributed by atoms with Crippen LogP contribution in [0, 0.1) is 0 Å². The third-order valence-electron chi connectivity index (χ3n) is 3.28. The third kappa shape index (κ3) is 0.625. The summed E-state index contributed by atoms with van der Waals surface area (Å²) in [6, 6.07) is 7.91. The lowest BCUT2D eigenvalue weighted by Crippen LogP contribution is -2.31. The Morgan fingerprint density at radius 3 is 2.86 bits per heavy atom. The molecule has 1 spiro atoms. The van der Waals surface area contributed by atoms with E-state index in [4.69, 9.17) is 9.47 Å². The van der Waals surface area contributed by atoms with E-state index in [0.29, 0.717) is 6.61 Å². The number of hydrogen-bond acceptors (Lipinski definition) is 3. The van der Waals surface area contributed by atoms with E-state index in [1.807, 2.05) is 24.3 Å². The van der Waals surface area contributed by atoms with E-state index in [9.17, 15) is 4.79 Å². The normalized spacial score (nSPS) is 41.9. The minimum Gasteiger partial charge on any atom is -0.356 e. The summed E-state index contributed by atoms with van der Waals surface area (Å²) in [5, 5.41) is 0. The van der Waals surface area contributed by atoms with Crippen LogP contribution in [-0.4, -0.2) is 18.5 Å². The molecule has 3 atom stereocenters. The molecular weight excluding hydrogens is 180 g/mol. The number of carbonyl (C=O) groups excluding carboxylic acids is 1. The molecule has 2 saturated heterocycles. The number of rotatable bonds is 0. The van der Waals surface area contributed by atoms with Crippen molar-refractivity contribution in [1.29, 1.82) is 0 Å². The van der Waals surface area contributed by atoms with Gasteiger partial charge in [0.1, 0.15) is 6.10 Å². The quantitative estimate of drug-likeness (QED) is 0.569. The minimum atomic E-state index is -0.631. The summed E-state index contributed by atoms with van der Waals surface area (Å²) in [7, 11) is 0. The maximum atomic E-state index is 11.9. The topological polar surface area (TPSA) is 42.1 Å². The molecule has 4 rings (SSSR count). The highest BCUT2D eigenvalue weighted by Gasteiger charge is 2.67. The van der Waals surface area contributed by atoms with Crippen LogP contribution in [0.4, 0.5) is 0 Å². The van der Waals surface area contributed by atoms with Gasteiger partial charge in [-0.05, 0) is 11.1 Å². The Balaban J connectivity index is 2.02. The van der Waals surface area contributed by atoms with Gasteiger partial charge < -0.3 is 9.47 Å². The van der Waals surface area contributed by atoms with Gasteiger partial charge in [-0.2, -0.15) is 0 Å². The predicted molar refractivity (Wildman–Crippen MR) is 46.7 cm³/mol. The van der Waals surface area contributed by atoms with Gasteiger partial charge in [0.25, 0.3) is 0 Å². The molecule has 1 aromatic rings. The standard InChI is InChI=1S/C11H8O3/c12-10-9-8(14-9)6-3-1-2-4-7(6)11(10)5-13-11/h1-4,8-9H,5H2. The molecular formula is C11H8O3. The second-order valence-electron chi connectivity index (χ2n) is 4.04. The molecule has 1 aliphatic carbocycles. The first kappa shape index (κ1) is 7.15. The van der Waals surface area contributed by atoms with Crippen LogP contribution in [-0.2, 0) is 19.9 Å². The van der Waals surface area contributed by atoms with Crippen LogP contribution >= 0.6 is 0 Å². The average Bonchev–Trinajstić information content (AvgIpc) is 3.11. The fourth-order valence-electron chi connectivity index (χ4n) is 2.39. The smallest absolute Gasteiger partial charge is 0.203 e. The number of ketones is 1. The summed E-state index contributed by atoms with van der Waals surface area (Å²) in [4.78, 5) is 11.9. The van der Waals surface area contributed by atoms with Crippen molar-refractivity contribution in [2.75, 3.05) is 6.61 Å². The summed E-state index contributed by atoms with van der Waals surface area (Å²) in [6.07, 6.45) is -0.221. The fraction of sp³-hybridized carbons (Fsp3) is 0.364. The van der Waals surface area contributed by atoms with Crippen LogP contribution in [0.15, 0.2) is 24.3 Å². The fourth-order valence-corrected chi connectivity index (χ4v) is 2.39. The van der Waals surface area contributed by atoms with Crippen molar-refractivity contribution in [3.8, 4) is 0 Å². The van der Waals surface area contributed by atoms with Crippen molar-refractivity contribution >= 4 is 5.78 Å². The Kier molecular flexibility index (Phi) is 0.980. The van der Waals surface area contributed by atoms with Crippen molar-refractivity contribution in [2.45, 2.75) is 17.8 Å². The lowest BCUT2D eigenvalue weighted by molar-refractivity contribution is -0.125. The molecule has 0 amide bonds. The molecule has 0 radical (unpaired) electrons. The van der Waals surface area contributed by atoms with Gasteiger partial charge >= 0.3 is 0 Å². The van der Waals surface area contributed by atoms with Gasteiger partial charge in [-0.1, -0.05) is 24.3 Å². The van der Waals surface area contributed by atoms with Gasteiger partial charge in [0.2, 0.25) is 5.78 Å². The molecule has 2 heterocycles. The van der Waals surface area contributed by atoms with E-state index in [1.54, 1.807) is 0 Å². The Labute approximate surface area is 80.6 Å². The van der Waals surface area contributed by atoms with E-state index in [0.717, 1.165) is 11.1 Å². The first-order chi connectivity index (χ1) is 6.83. The number of carbonyl (C=O) groups is 1. The molecule has 0 bridgehead atoms. The minimum absolute atomic E-state index is 0.00789. The zero-order chi connectivity index (χ0) is 9.34. The molecule has 2 aliphatic heterocycles. The SMILES string of the molecule is O=C1C2OC2c2ccccc2C12CO2. The third-order valence-corrected chi connectivity index (χ3v) is 3.28. The van der Waals surface area contributed by atoms with E-state index in [2.05, 4.69) is 0 Å². The Morgan fingerprint density at radius 2 is 2.07 bits per heavy atom. The van der Waals surface area contributed by atoms with Crippen molar-refractivity contribution in [2.24, 2.45) is 0 Å². The number of benzene rings is 1. The van der Waals surface area contributed by atoms with E-state index in [1.165, 1.54) is 0 Å². The van der Waals surface area contributed by atoms with Crippen LogP contribution in [0.1, 0.15) is 17.2 Å². The number of Topliss-reactive ketones (excluding diaryl/α,β-unsaturated/α-hetero) is 1. The summed E-state index contributed by atoms with van der Waals surface area (Å²) < 4.78 is 10.7. The van der Waals surface area contributed by atoms with Gasteiger partial charge in [-0.25, -0.2) is 0 Å². The van der Waals surface area contributed by atoms with Gasteiger partial charge in [-0.3, -0.25) is 4.79 Å². The van der Waals surface area contributed by atoms with Crippen molar-refractivity contribution in [3.63, 3.8) is 0 Å². The zero-order valence-electron chi connectivity index (χ0n) is 7.40. The molecule has 0 aromatic heterocycles. The average molecular weight is 188 g/mol. The number of epoxide rings is 2. The molecule has 3 aliphatic rings. The molecule has 1 aromatic carbocycles. The summed E-state index contributed by atoms with van der Waals surface area (Å²) >= 11 is 0. The van der Waals surface area contributed by atoms with E-state index >= 15 is 0 Å². The molecule has 14 heavy (non-hydrogen) atoms. The second-order valence-corrected chi connectivity index (χ2v) is 4.04. The lowest BCUT2D eigenvalue weighted by Gasteiger charge is -2.17. The maximum Gasteiger partial charge on any atom is 0.203 e. The predicted octanol–water partition coefficient (Wildman–Crippen LogP) is 0.935. The van der Waals surface area contributed by atoms with Crippen molar-refractivity contribution in [3.05, 3.63) is 35.4 Å². The van der Waals surface area contributed by atoms with Gasteiger partial charge in [0.15, 0.2) is 11.7 Å². The molecule has 70 valence electrons. The van der Waals surface area contributed by atoms with Crippen LogP contribution in [0.5, 0.6) is 0 Å². The number of fused-ring (bicyclic) bond motifs is 4. The molecule has 0 saturated carbocycles. The largest absolute Gasteiger partial charge is 0.356 e. The monoisotopic (exact) mass is 188 g/mol. The first-order valence-electron chi connectivity index (χ1n) is 4.76. The summed E-state index contributed by atoms with van der Waals surface area (Å²) in [5.41, 5.74) is 1.52. The molecule has 3 unspecified atom stereocenters. The van der Waals surface area contributed by atoms with Gasteiger partial charge in [0, 0.05) is 0 Å². The van der Waals surface area contributed by atoms with Crippen LogP contribution in [0.25, 0.3) is 0 Å². The highest BCUT2D eigenvalue weighted by Crippen LogP contribution is 2.56. The first-order valence-corrected chi connectivity index (χ1v) is 4.76. The van der Waals surface area contributed by atoms with E-state index in [-0.39, 0.29) is 18.0 Å². The molecule has 3 nitrogen and oxygen atoms in total. The van der Waals surface area contributed by atoms with Crippen molar-refractivity contribution in [1.82, 2.24) is 0 Å². The molecule has 0 N–H and O–H groups in total. The number of hydrogen-bond donors (Lipinski definition) is 0. The van der Waals surface area contributed by atoms with Crippen molar-refractivity contribution < 1.29 is 14.3 Å². The molecule has 2 fully saturated rings. The molecule has 3 heteroatoms.